The molecule has 0 saturated heterocycles. The summed E-state index contributed by atoms with van der Waals surface area (Å²) in [4.78, 5) is 0. The van der Waals surface area contributed by atoms with Gasteiger partial charge in [-0.1, -0.05) is 44.9 Å². The summed E-state index contributed by atoms with van der Waals surface area (Å²) in [5.74, 6) is 2.40. The van der Waals surface area contributed by atoms with Crippen LogP contribution in [0.15, 0.2) is 24.3 Å². The highest BCUT2D eigenvalue weighted by molar-refractivity contribution is 5.26. The van der Waals surface area contributed by atoms with E-state index in [1.54, 1.807) is 6.08 Å². The van der Waals surface area contributed by atoms with Crippen molar-refractivity contribution in [3.63, 3.8) is 0 Å². The Labute approximate surface area is 149 Å². The van der Waals surface area contributed by atoms with Crippen LogP contribution in [-0.2, 0) is 0 Å². The molecule has 2 fully saturated rings. The van der Waals surface area contributed by atoms with E-state index >= 15 is 0 Å². The van der Waals surface area contributed by atoms with Crippen LogP contribution in [-0.4, -0.2) is 10.7 Å². The van der Waals surface area contributed by atoms with Crippen LogP contribution in [0, 0.1) is 28.6 Å². The van der Waals surface area contributed by atoms with Gasteiger partial charge in [-0.2, -0.15) is 0 Å². The first-order chi connectivity index (χ1) is 11.2. The smallest absolute Gasteiger partial charge is 0.0797 e. The minimum absolute atomic E-state index is 0.337. The van der Waals surface area contributed by atoms with Crippen LogP contribution in [0.1, 0.15) is 85.5 Å². The van der Waals surface area contributed by atoms with E-state index in [-0.39, 0.29) is 0 Å². The molecule has 2 saturated carbocycles. The highest BCUT2D eigenvalue weighted by Gasteiger charge is 2.55. The molecule has 0 aromatic carbocycles. The predicted molar refractivity (Wildman–Crippen MR) is 103 cm³/mol. The Hall–Kier alpha value is -0.560. The van der Waals surface area contributed by atoms with Crippen LogP contribution >= 0.6 is 0 Å². The molecule has 0 bridgehead atoms. The highest BCUT2D eigenvalue weighted by atomic mass is 16.3. The lowest BCUT2D eigenvalue weighted by Gasteiger charge is -2.60. The van der Waals surface area contributed by atoms with Crippen LogP contribution < -0.4 is 0 Å². The molecule has 1 N–H and O–H groups in total. The molecule has 24 heavy (non-hydrogen) atoms. The van der Waals surface area contributed by atoms with E-state index in [0.29, 0.717) is 10.8 Å². The number of rotatable bonds is 5. The Morgan fingerprint density at radius 2 is 2.00 bits per heavy atom. The Balaban J connectivity index is 1.86. The molecule has 3 aliphatic rings. The number of hydrogen-bond donors (Lipinski definition) is 1. The second-order valence-corrected chi connectivity index (χ2v) is 9.84. The zero-order valence-corrected chi connectivity index (χ0v) is 16.4. The average Bonchev–Trinajstić information content (AvgIpc) is 2.50. The number of fused-ring (bicyclic) bond motifs is 1. The second kappa shape index (κ2) is 6.31. The summed E-state index contributed by atoms with van der Waals surface area (Å²) < 4.78 is 0. The lowest BCUT2D eigenvalue weighted by molar-refractivity contribution is -0.0642. The molecular weight excluding hydrogens is 292 g/mol. The zero-order valence-electron chi connectivity index (χ0n) is 16.4. The fraction of sp³-hybridized carbons (Fsp3) is 0.826. The van der Waals surface area contributed by atoms with Gasteiger partial charge in [-0.15, -0.1) is 6.58 Å². The molecule has 0 aliphatic heterocycles. The van der Waals surface area contributed by atoms with Gasteiger partial charge in [-0.25, -0.2) is 0 Å². The summed E-state index contributed by atoms with van der Waals surface area (Å²) >= 11 is 0. The van der Waals surface area contributed by atoms with Gasteiger partial charge in [-0.05, 0) is 86.9 Å². The summed E-state index contributed by atoms with van der Waals surface area (Å²) in [6, 6.07) is 0. The maximum atomic E-state index is 10.5. The van der Waals surface area contributed by atoms with Gasteiger partial charge >= 0.3 is 0 Å². The summed E-state index contributed by atoms with van der Waals surface area (Å²) in [6.07, 6.45) is 15.9. The van der Waals surface area contributed by atoms with Crippen molar-refractivity contribution in [2.24, 2.45) is 28.6 Å². The summed E-state index contributed by atoms with van der Waals surface area (Å²) in [5, 5.41) is 10.5. The molecule has 5 atom stereocenters. The fourth-order valence-corrected chi connectivity index (χ4v) is 6.12. The molecule has 1 heteroatoms. The SMILES string of the molecule is C=C[C@@](C)(O)CCC1(C)C(C)CCC2(C)C(C3CCC3)=CCCC21. The lowest BCUT2D eigenvalue weighted by atomic mass is 9.45. The third-order valence-corrected chi connectivity index (χ3v) is 8.42. The normalized spacial score (nSPS) is 42.5. The molecule has 0 amide bonds. The largest absolute Gasteiger partial charge is 0.386 e. The third-order valence-electron chi connectivity index (χ3n) is 8.42. The van der Waals surface area contributed by atoms with Crippen molar-refractivity contribution in [3.05, 3.63) is 24.3 Å². The van der Waals surface area contributed by atoms with Crippen molar-refractivity contribution in [1.82, 2.24) is 0 Å². The first kappa shape index (κ1) is 18.2. The van der Waals surface area contributed by atoms with Crippen LogP contribution in [0.3, 0.4) is 0 Å². The van der Waals surface area contributed by atoms with Crippen molar-refractivity contribution >= 4 is 0 Å². The molecule has 0 radical (unpaired) electrons. The first-order valence-corrected chi connectivity index (χ1v) is 10.3. The summed E-state index contributed by atoms with van der Waals surface area (Å²) in [6.45, 7) is 13.3. The molecule has 136 valence electrons. The van der Waals surface area contributed by atoms with Crippen molar-refractivity contribution in [3.8, 4) is 0 Å². The molecule has 0 heterocycles. The first-order valence-electron chi connectivity index (χ1n) is 10.3. The molecule has 0 aromatic rings. The summed E-state index contributed by atoms with van der Waals surface area (Å²) in [7, 11) is 0. The van der Waals surface area contributed by atoms with Gasteiger partial charge in [0.15, 0.2) is 0 Å². The molecule has 0 spiro atoms. The van der Waals surface area contributed by atoms with Gasteiger partial charge in [0.05, 0.1) is 5.60 Å². The molecule has 0 aromatic heterocycles. The predicted octanol–water partition coefficient (Wildman–Crippen LogP) is 6.28. The van der Waals surface area contributed by atoms with Crippen LogP contribution in [0.4, 0.5) is 0 Å². The second-order valence-electron chi connectivity index (χ2n) is 9.84. The van der Waals surface area contributed by atoms with E-state index in [2.05, 4.69) is 33.4 Å². The van der Waals surface area contributed by atoms with Crippen LogP contribution in [0.25, 0.3) is 0 Å². The van der Waals surface area contributed by atoms with E-state index < -0.39 is 5.60 Å². The van der Waals surface area contributed by atoms with Crippen LogP contribution in [0.2, 0.25) is 0 Å². The van der Waals surface area contributed by atoms with E-state index in [4.69, 9.17) is 0 Å². The number of aliphatic hydroxyl groups is 1. The quantitative estimate of drug-likeness (QED) is 0.588. The standard InChI is InChI=1S/C23H38O/c1-6-21(3,24)15-16-22(4)17(2)13-14-23(5)19(18-9-7-10-18)11-8-12-20(22)23/h6,11,17-18,20,24H,1,7-10,12-16H2,2-5H3/t17?,20?,21-,22?,23?/m1/s1. The van der Waals surface area contributed by atoms with Gasteiger partial charge in [0.2, 0.25) is 0 Å². The Kier molecular flexibility index (Phi) is 4.79. The van der Waals surface area contributed by atoms with E-state index in [0.717, 1.165) is 30.6 Å². The maximum Gasteiger partial charge on any atom is 0.0797 e. The van der Waals surface area contributed by atoms with Crippen molar-refractivity contribution in [2.75, 3.05) is 0 Å². The van der Waals surface area contributed by atoms with Crippen molar-refractivity contribution in [1.29, 1.82) is 0 Å². The Morgan fingerprint density at radius 1 is 1.29 bits per heavy atom. The zero-order chi connectivity index (χ0) is 17.6. The number of allylic oxidation sites excluding steroid dienone is 2. The minimum Gasteiger partial charge on any atom is -0.386 e. The summed E-state index contributed by atoms with van der Waals surface area (Å²) in [5.41, 5.74) is 1.84. The highest BCUT2D eigenvalue weighted by Crippen LogP contribution is 2.64. The minimum atomic E-state index is -0.724. The monoisotopic (exact) mass is 330 g/mol. The van der Waals surface area contributed by atoms with Gasteiger partial charge in [-0.3, -0.25) is 0 Å². The third kappa shape index (κ3) is 2.91. The molecular formula is C23H38O. The maximum absolute atomic E-state index is 10.5. The van der Waals surface area contributed by atoms with Crippen molar-refractivity contribution < 1.29 is 5.11 Å². The molecule has 3 rings (SSSR count). The van der Waals surface area contributed by atoms with Gasteiger partial charge in [0, 0.05) is 0 Å². The molecule has 1 nitrogen and oxygen atoms in total. The van der Waals surface area contributed by atoms with Crippen LogP contribution in [0.5, 0.6) is 0 Å². The van der Waals surface area contributed by atoms with Gasteiger partial charge < -0.3 is 5.11 Å². The Morgan fingerprint density at radius 3 is 2.58 bits per heavy atom. The molecule has 4 unspecified atom stereocenters. The van der Waals surface area contributed by atoms with E-state index in [1.807, 2.05) is 12.5 Å². The number of hydrogen-bond acceptors (Lipinski definition) is 1. The van der Waals surface area contributed by atoms with E-state index in [1.165, 1.54) is 44.9 Å². The lowest BCUT2D eigenvalue weighted by Crippen LogP contribution is -2.51. The van der Waals surface area contributed by atoms with Gasteiger partial charge in [0.25, 0.3) is 0 Å². The Bertz CT molecular complexity index is 512. The topological polar surface area (TPSA) is 20.2 Å². The van der Waals surface area contributed by atoms with Gasteiger partial charge in [0.1, 0.15) is 0 Å². The van der Waals surface area contributed by atoms with E-state index in [9.17, 15) is 5.11 Å². The average molecular weight is 331 g/mol. The fourth-order valence-electron chi connectivity index (χ4n) is 6.12. The van der Waals surface area contributed by atoms with Crippen molar-refractivity contribution in [2.45, 2.75) is 91.1 Å². The molecule has 3 aliphatic carbocycles.